The van der Waals surface area contributed by atoms with E-state index in [1.165, 1.54) is 5.56 Å². The molecule has 0 radical (unpaired) electrons. The van der Waals surface area contributed by atoms with E-state index in [-0.39, 0.29) is 17.7 Å². The predicted molar refractivity (Wildman–Crippen MR) is 79.1 cm³/mol. The van der Waals surface area contributed by atoms with Gasteiger partial charge in [0.1, 0.15) is 0 Å². The molecule has 0 aliphatic rings. The van der Waals surface area contributed by atoms with Crippen LogP contribution in [0.1, 0.15) is 44.9 Å². The van der Waals surface area contributed by atoms with E-state index < -0.39 is 8.32 Å². The normalized spacial score (nSPS) is 14.6. The fraction of sp³-hybridized carbons (Fsp3) is 0.600. The van der Waals surface area contributed by atoms with Gasteiger partial charge in [-0.2, -0.15) is 0 Å². The minimum Gasteiger partial charge on any atom is -0.410 e. The van der Waals surface area contributed by atoms with Gasteiger partial charge in [0.15, 0.2) is 8.32 Å². The van der Waals surface area contributed by atoms with Crippen molar-refractivity contribution < 1.29 is 9.53 Å². The zero-order valence-corrected chi connectivity index (χ0v) is 13.4. The summed E-state index contributed by atoms with van der Waals surface area (Å²) in [6.45, 7) is 13.5. The standard InChI is InChI=1S/C15H26O2Si/c1-12(17-18(5,6)15(2,3)4)14-9-7-13(11-16)8-10-14/h7-10,12,16H,11H2,1-6H3. The highest BCUT2D eigenvalue weighted by molar-refractivity contribution is 6.74. The van der Waals surface area contributed by atoms with Gasteiger partial charge in [0.25, 0.3) is 0 Å². The third kappa shape index (κ3) is 3.67. The van der Waals surface area contributed by atoms with E-state index in [1.54, 1.807) is 0 Å². The highest BCUT2D eigenvalue weighted by atomic mass is 28.4. The van der Waals surface area contributed by atoms with E-state index in [9.17, 15) is 0 Å². The van der Waals surface area contributed by atoms with Crippen molar-refractivity contribution in [3.8, 4) is 0 Å². The second-order valence-corrected chi connectivity index (χ2v) is 11.2. The van der Waals surface area contributed by atoms with Crippen molar-refractivity contribution in [2.75, 3.05) is 0 Å². The van der Waals surface area contributed by atoms with Crippen LogP contribution >= 0.6 is 0 Å². The van der Waals surface area contributed by atoms with Crippen molar-refractivity contribution in [2.24, 2.45) is 0 Å². The minimum atomic E-state index is -1.72. The summed E-state index contributed by atoms with van der Waals surface area (Å²) in [4.78, 5) is 0. The number of aliphatic hydroxyl groups excluding tert-OH is 1. The van der Waals surface area contributed by atoms with Crippen LogP contribution in [-0.4, -0.2) is 13.4 Å². The molecule has 0 saturated carbocycles. The molecule has 1 N–H and O–H groups in total. The molecule has 0 aliphatic carbocycles. The molecule has 1 atom stereocenters. The fourth-order valence-electron chi connectivity index (χ4n) is 1.58. The Hall–Kier alpha value is -0.643. The van der Waals surface area contributed by atoms with Crippen LogP contribution in [0.3, 0.4) is 0 Å². The lowest BCUT2D eigenvalue weighted by atomic mass is 10.1. The first-order valence-electron chi connectivity index (χ1n) is 6.55. The Morgan fingerprint density at radius 1 is 1.17 bits per heavy atom. The van der Waals surface area contributed by atoms with Crippen molar-refractivity contribution in [3.05, 3.63) is 35.4 Å². The van der Waals surface area contributed by atoms with Gasteiger partial charge in [0.2, 0.25) is 0 Å². The van der Waals surface area contributed by atoms with E-state index in [0.29, 0.717) is 0 Å². The van der Waals surface area contributed by atoms with Crippen molar-refractivity contribution in [1.82, 2.24) is 0 Å². The van der Waals surface area contributed by atoms with Crippen LogP contribution < -0.4 is 0 Å². The van der Waals surface area contributed by atoms with Crippen molar-refractivity contribution >= 4 is 8.32 Å². The average molecular weight is 266 g/mol. The summed E-state index contributed by atoms with van der Waals surface area (Å²) in [7, 11) is -1.72. The quantitative estimate of drug-likeness (QED) is 0.825. The summed E-state index contributed by atoms with van der Waals surface area (Å²) in [6.07, 6.45) is 0.110. The number of aliphatic hydroxyl groups is 1. The molecule has 0 bridgehead atoms. The first kappa shape index (κ1) is 15.4. The van der Waals surface area contributed by atoms with Gasteiger partial charge >= 0.3 is 0 Å². The Labute approximate surface area is 112 Å². The summed E-state index contributed by atoms with van der Waals surface area (Å²) in [5.74, 6) is 0. The molecule has 0 aromatic heterocycles. The lowest BCUT2D eigenvalue weighted by molar-refractivity contribution is 0.203. The van der Waals surface area contributed by atoms with Crippen LogP contribution in [-0.2, 0) is 11.0 Å². The predicted octanol–water partition coefficient (Wildman–Crippen LogP) is 4.26. The lowest BCUT2D eigenvalue weighted by Gasteiger charge is -2.38. The molecule has 1 rings (SSSR count). The maximum atomic E-state index is 9.04. The average Bonchev–Trinajstić information content (AvgIpc) is 2.27. The zero-order chi connectivity index (χ0) is 14.0. The van der Waals surface area contributed by atoms with Crippen LogP contribution in [0, 0.1) is 0 Å². The second kappa shape index (κ2) is 5.55. The van der Waals surface area contributed by atoms with E-state index in [1.807, 2.05) is 24.3 Å². The monoisotopic (exact) mass is 266 g/mol. The Balaban J connectivity index is 2.78. The second-order valence-electron chi connectivity index (χ2n) is 6.42. The molecule has 0 heterocycles. The number of hydrogen-bond donors (Lipinski definition) is 1. The molecule has 1 aromatic carbocycles. The van der Waals surface area contributed by atoms with Crippen LogP contribution in [0.5, 0.6) is 0 Å². The van der Waals surface area contributed by atoms with E-state index >= 15 is 0 Å². The Bertz CT molecular complexity index is 376. The highest BCUT2D eigenvalue weighted by Gasteiger charge is 2.38. The van der Waals surface area contributed by atoms with Crippen molar-refractivity contribution in [1.29, 1.82) is 0 Å². The third-order valence-corrected chi connectivity index (χ3v) is 8.46. The number of rotatable bonds is 4. The van der Waals surface area contributed by atoms with Crippen LogP contribution in [0.25, 0.3) is 0 Å². The largest absolute Gasteiger partial charge is 0.410 e. The summed E-state index contributed by atoms with van der Waals surface area (Å²) >= 11 is 0. The number of hydrogen-bond acceptors (Lipinski definition) is 2. The molecule has 0 saturated heterocycles. The smallest absolute Gasteiger partial charge is 0.192 e. The maximum Gasteiger partial charge on any atom is 0.192 e. The van der Waals surface area contributed by atoms with Crippen LogP contribution in [0.15, 0.2) is 24.3 Å². The van der Waals surface area contributed by atoms with E-state index in [0.717, 1.165) is 5.56 Å². The van der Waals surface area contributed by atoms with Crippen LogP contribution in [0.4, 0.5) is 0 Å². The first-order valence-corrected chi connectivity index (χ1v) is 9.46. The van der Waals surface area contributed by atoms with Gasteiger partial charge in [-0.15, -0.1) is 0 Å². The molecule has 0 aliphatic heterocycles. The van der Waals surface area contributed by atoms with E-state index in [4.69, 9.17) is 9.53 Å². The Morgan fingerprint density at radius 3 is 2.06 bits per heavy atom. The van der Waals surface area contributed by atoms with Gasteiger partial charge in [0.05, 0.1) is 12.7 Å². The summed E-state index contributed by atoms with van der Waals surface area (Å²) in [5.41, 5.74) is 2.12. The summed E-state index contributed by atoms with van der Waals surface area (Å²) in [5, 5.41) is 9.26. The molecule has 0 fully saturated rings. The molecule has 18 heavy (non-hydrogen) atoms. The van der Waals surface area contributed by atoms with Crippen LogP contribution in [0.2, 0.25) is 18.1 Å². The van der Waals surface area contributed by atoms with Gasteiger partial charge in [-0.05, 0) is 36.2 Å². The van der Waals surface area contributed by atoms with E-state index in [2.05, 4.69) is 40.8 Å². The molecule has 1 aromatic rings. The van der Waals surface area contributed by atoms with Gasteiger partial charge in [-0.3, -0.25) is 0 Å². The molecule has 2 nitrogen and oxygen atoms in total. The van der Waals surface area contributed by atoms with Gasteiger partial charge < -0.3 is 9.53 Å². The lowest BCUT2D eigenvalue weighted by Crippen LogP contribution is -2.41. The summed E-state index contributed by atoms with van der Waals surface area (Å²) < 4.78 is 6.34. The van der Waals surface area contributed by atoms with Gasteiger partial charge in [-0.25, -0.2) is 0 Å². The SMILES string of the molecule is CC(O[Si](C)(C)C(C)(C)C)c1ccc(CO)cc1. The minimum absolute atomic E-state index is 0.0950. The Morgan fingerprint density at radius 2 is 1.67 bits per heavy atom. The summed E-state index contributed by atoms with van der Waals surface area (Å²) in [6, 6.07) is 8.01. The molecule has 0 amide bonds. The zero-order valence-electron chi connectivity index (χ0n) is 12.4. The molecule has 0 spiro atoms. The first-order chi connectivity index (χ1) is 8.17. The third-order valence-electron chi connectivity index (χ3n) is 3.91. The van der Waals surface area contributed by atoms with Crippen molar-refractivity contribution in [2.45, 2.75) is 58.5 Å². The van der Waals surface area contributed by atoms with Gasteiger partial charge in [0, 0.05) is 0 Å². The topological polar surface area (TPSA) is 29.5 Å². The Kier molecular flexibility index (Phi) is 4.76. The maximum absolute atomic E-state index is 9.04. The fourth-order valence-corrected chi connectivity index (χ4v) is 2.95. The molecule has 3 heteroatoms. The van der Waals surface area contributed by atoms with Crippen molar-refractivity contribution in [3.63, 3.8) is 0 Å². The molecular formula is C15H26O2Si. The molecule has 1 unspecified atom stereocenters. The highest BCUT2D eigenvalue weighted by Crippen LogP contribution is 2.39. The van der Waals surface area contributed by atoms with Gasteiger partial charge in [-0.1, -0.05) is 45.0 Å². The molecule has 102 valence electrons. The molecular weight excluding hydrogens is 240 g/mol. The number of benzene rings is 1.